The largest absolute Gasteiger partial charge is 0.463 e. The standard InChI is InChI=1S/C10H11ClO2/c1-3-13-10(12)9(2)7-5-4-6-8-11/h6-8H,3H2,1-2H3/b8-6+,9-7+. The Morgan fingerprint density at radius 3 is 2.77 bits per heavy atom. The third kappa shape index (κ3) is 6.01. The lowest BCUT2D eigenvalue weighted by atomic mass is 10.3. The van der Waals surface area contributed by atoms with Crippen LogP contribution in [-0.4, -0.2) is 12.6 Å². The molecule has 0 fully saturated rings. The zero-order valence-electron chi connectivity index (χ0n) is 7.63. The van der Waals surface area contributed by atoms with E-state index in [-0.39, 0.29) is 5.97 Å². The van der Waals surface area contributed by atoms with E-state index >= 15 is 0 Å². The van der Waals surface area contributed by atoms with Crippen molar-refractivity contribution in [1.82, 2.24) is 0 Å². The summed E-state index contributed by atoms with van der Waals surface area (Å²) < 4.78 is 4.74. The molecule has 0 saturated carbocycles. The fourth-order valence-electron chi connectivity index (χ4n) is 0.533. The molecular formula is C10H11ClO2. The minimum Gasteiger partial charge on any atom is -0.463 e. The fraction of sp³-hybridized carbons (Fsp3) is 0.300. The van der Waals surface area contributed by atoms with E-state index in [9.17, 15) is 4.79 Å². The molecule has 0 saturated heterocycles. The van der Waals surface area contributed by atoms with Gasteiger partial charge in [-0.3, -0.25) is 0 Å². The molecule has 0 aliphatic heterocycles. The molecule has 0 bridgehead atoms. The summed E-state index contributed by atoms with van der Waals surface area (Å²) in [6.45, 7) is 3.78. The minimum absolute atomic E-state index is 0.341. The summed E-state index contributed by atoms with van der Waals surface area (Å²) in [7, 11) is 0. The van der Waals surface area contributed by atoms with E-state index in [2.05, 4.69) is 11.8 Å². The maximum absolute atomic E-state index is 11.0. The molecule has 0 N–H and O–H groups in total. The van der Waals surface area contributed by atoms with Crippen LogP contribution in [0, 0.1) is 11.8 Å². The zero-order valence-corrected chi connectivity index (χ0v) is 8.39. The number of esters is 1. The van der Waals surface area contributed by atoms with Crippen LogP contribution < -0.4 is 0 Å². The van der Waals surface area contributed by atoms with Gasteiger partial charge in [0.2, 0.25) is 0 Å². The summed E-state index contributed by atoms with van der Waals surface area (Å²) in [5, 5.41) is 0. The maximum atomic E-state index is 11.0. The third-order valence-corrected chi connectivity index (χ3v) is 1.24. The van der Waals surface area contributed by atoms with E-state index in [1.54, 1.807) is 13.8 Å². The predicted molar refractivity (Wildman–Crippen MR) is 53.2 cm³/mol. The van der Waals surface area contributed by atoms with Crippen LogP contribution in [0.1, 0.15) is 13.8 Å². The highest BCUT2D eigenvalue weighted by molar-refractivity contribution is 6.25. The Morgan fingerprint density at radius 1 is 1.54 bits per heavy atom. The Kier molecular flexibility index (Phi) is 6.76. The first kappa shape index (κ1) is 11.8. The SMILES string of the molecule is CCOC(=O)/C(C)=C/C#C/C=C/Cl. The lowest BCUT2D eigenvalue weighted by Gasteiger charge is -1.98. The third-order valence-electron chi connectivity index (χ3n) is 1.12. The Bertz CT molecular complexity index is 279. The molecule has 0 aliphatic rings. The second-order valence-corrected chi connectivity index (χ2v) is 2.38. The Hall–Kier alpha value is -1.20. The molecule has 0 unspecified atom stereocenters. The average Bonchev–Trinajstić information content (AvgIpc) is 2.12. The molecule has 0 rings (SSSR count). The van der Waals surface area contributed by atoms with E-state index < -0.39 is 0 Å². The molecule has 0 aromatic rings. The summed E-state index contributed by atoms with van der Waals surface area (Å²) in [4.78, 5) is 11.0. The van der Waals surface area contributed by atoms with Gasteiger partial charge in [-0.15, -0.1) is 0 Å². The number of allylic oxidation sites excluding steroid dienone is 2. The second-order valence-electron chi connectivity index (χ2n) is 2.13. The normalized spacial score (nSPS) is 10.8. The van der Waals surface area contributed by atoms with Gasteiger partial charge in [0.05, 0.1) is 6.61 Å². The van der Waals surface area contributed by atoms with Crippen LogP contribution in [0.15, 0.2) is 23.3 Å². The molecule has 0 aliphatic carbocycles. The molecule has 0 radical (unpaired) electrons. The van der Waals surface area contributed by atoms with Crippen molar-refractivity contribution in [3.63, 3.8) is 0 Å². The molecule has 70 valence electrons. The molecular weight excluding hydrogens is 188 g/mol. The minimum atomic E-state index is -0.341. The number of carbonyl (C=O) groups excluding carboxylic acids is 1. The summed E-state index contributed by atoms with van der Waals surface area (Å²) in [6.07, 6.45) is 2.98. The van der Waals surface area contributed by atoms with Gasteiger partial charge in [-0.25, -0.2) is 4.79 Å². The van der Waals surface area contributed by atoms with Crippen molar-refractivity contribution >= 4 is 17.6 Å². The highest BCUT2D eigenvalue weighted by Gasteiger charge is 2.01. The van der Waals surface area contributed by atoms with Crippen LogP contribution in [0.2, 0.25) is 0 Å². The van der Waals surface area contributed by atoms with Crippen molar-refractivity contribution in [2.75, 3.05) is 6.61 Å². The Labute approximate surface area is 83.2 Å². The second kappa shape index (κ2) is 7.45. The van der Waals surface area contributed by atoms with Gasteiger partial charge < -0.3 is 4.74 Å². The fourth-order valence-corrected chi connectivity index (χ4v) is 0.596. The summed E-state index contributed by atoms with van der Waals surface area (Å²) in [6, 6.07) is 0. The number of ether oxygens (including phenoxy) is 1. The number of hydrogen-bond donors (Lipinski definition) is 0. The average molecular weight is 199 g/mol. The zero-order chi connectivity index (χ0) is 10.1. The molecule has 2 nitrogen and oxygen atoms in total. The smallest absolute Gasteiger partial charge is 0.334 e. The van der Waals surface area contributed by atoms with Gasteiger partial charge in [0.15, 0.2) is 0 Å². The summed E-state index contributed by atoms with van der Waals surface area (Å²) in [5.74, 6) is 4.92. The number of rotatable bonds is 2. The van der Waals surface area contributed by atoms with Crippen molar-refractivity contribution in [3.8, 4) is 11.8 Å². The van der Waals surface area contributed by atoms with Crippen molar-refractivity contribution < 1.29 is 9.53 Å². The summed E-state index contributed by atoms with van der Waals surface area (Å²) in [5.41, 5.74) is 1.79. The predicted octanol–water partition coefficient (Wildman–Crippen LogP) is 2.25. The Morgan fingerprint density at radius 2 is 2.23 bits per heavy atom. The highest BCUT2D eigenvalue weighted by Crippen LogP contribution is 1.94. The van der Waals surface area contributed by atoms with Crippen LogP contribution in [0.25, 0.3) is 0 Å². The number of carbonyl (C=O) groups is 1. The van der Waals surface area contributed by atoms with Crippen LogP contribution >= 0.6 is 11.6 Å². The molecule has 0 spiro atoms. The van der Waals surface area contributed by atoms with E-state index in [1.807, 2.05) is 0 Å². The van der Waals surface area contributed by atoms with Gasteiger partial charge in [-0.1, -0.05) is 23.4 Å². The van der Waals surface area contributed by atoms with Gasteiger partial charge in [0, 0.05) is 11.1 Å². The van der Waals surface area contributed by atoms with Crippen molar-refractivity contribution in [3.05, 3.63) is 23.3 Å². The molecule has 0 aromatic heterocycles. The first-order chi connectivity index (χ1) is 6.22. The lowest BCUT2D eigenvalue weighted by Crippen LogP contribution is -2.04. The van der Waals surface area contributed by atoms with Crippen molar-refractivity contribution in [1.29, 1.82) is 0 Å². The number of hydrogen-bond acceptors (Lipinski definition) is 2. The van der Waals surface area contributed by atoms with Gasteiger partial charge in [-0.2, -0.15) is 0 Å². The van der Waals surface area contributed by atoms with E-state index in [4.69, 9.17) is 16.3 Å². The quantitative estimate of drug-likeness (QED) is 0.387. The van der Waals surface area contributed by atoms with Crippen molar-refractivity contribution in [2.45, 2.75) is 13.8 Å². The molecule has 3 heteroatoms. The van der Waals surface area contributed by atoms with Gasteiger partial charge in [0.25, 0.3) is 0 Å². The first-order valence-corrected chi connectivity index (χ1v) is 4.26. The highest BCUT2D eigenvalue weighted by atomic mass is 35.5. The molecule has 0 amide bonds. The summed E-state index contributed by atoms with van der Waals surface area (Å²) >= 11 is 5.23. The Balaban J connectivity index is 4.18. The van der Waals surface area contributed by atoms with Crippen LogP contribution in [0.5, 0.6) is 0 Å². The van der Waals surface area contributed by atoms with Crippen molar-refractivity contribution in [2.24, 2.45) is 0 Å². The van der Waals surface area contributed by atoms with Gasteiger partial charge in [0.1, 0.15) is 0 Å². The molecule has 0 heterocycles. The van der Waals surface area contributed by atoms with E-state index in [0.717, 1.165) is 0 Å². The lowest BCUT2D eigenvalue weighted by molar-refractivity contribution is -0.138. The van der Waals surface area contributed by atoms with E-state index in [0.29, 0.717) is 12.2 Å². The van der Waals surface area contributed by atoms with Crippen LogP contribution in [0.4, 0.5) is 0 Å². The number of halogens is 1. The van der Waals surface area contributed by atoms with E-state index in [1.165, 1.54) is 17.7 Å². The molecule has 0 aromatic carbocycles. The maximum Gasteiger partial charge on any atom is 0.334 e. The van der Waals surface area contributed by atoms with Gasteiger partial charge >= 0.3 is 5.97 Å². The monoisotopic (exact) mass is 198 g/mol. The topological polar surface area (TPSA) is 26.3 Å². The molecule has 0 atom stereocenters. The first-order valence-electron chi connectivity index (χ1n) is 3.82. The van der Waals surface area contributed by atoms with Crippen LogP contribution in [-0.2, 0) is 9.53 Å². The van der Waals surface area contributed by atoms with Gasteiger partial charge in [-0.05, 0) is 26.0 Å². The van der Waals surface area contributed by atoms with Crippen LogP contribution in [0.3, 0.4) is 0 Å². The molecule has 13 heavy (non-hydrogen) atoms.